The minimum Gasteiger partial charge on any atom is -0.513 e. The van der Waals surface area contributed by atoms with Crippen LogP contribution in [0.2, 0.25) is 0 Å². The van der Waals surface area contributed by atoms with Gasteiger partial charge >= 0.3 is 5.97 Å². The topological polar surface area (TPSA) is 69.9 Å². The molecule has 0 rings (SSSR count). The van der Waals surface area contributed by atoms with Crippen molar-refractivity contribution in [1.82, 2.24) is 0 Å². The van der Waals surface area contributed by atoms with Crippen LogP contribution in [0.4, 0.5) is 0 Å². The summed E-state index contributed by atoms with van der Waals surface area (Å²) < 4.78 is 0. The van der Waals surface area contributed by atoms with E-state index in [2.05, 4.69) is 4.99 Å². The van der Waals surface area contributed by atoms with Crippen LogP contribution >= 0.6 is 0 Å². The lowest BCUT2D eigenvalue weighted by Gasteiger charge is -1.90. The molecular weight excluding hydrogens is 134 g/mol. The van der Waals surface area contributed by atoms with Crippen molar-refractivity contribution < 1.29 is 15.0 Å². The van der Waals surface area contributed by atoms with Crippen LogP contribution < -0.4 is 0 Å². The lowest BCUT2D eigenvalue weighted by Crippen LogP contribution is -2.10. The quantitative estimate of drug-likeness (QED) is 0.439. The Balaban J connectivity index is 4.42. The number of nitrogens with zero attached hydrogens (tertiary/aromatic N) is 1. The molecule has 0 fully saturated rings. The molecule has 0 amide bonds. The van der Waals surface area contributed by atoms with Crippen LogP contribution in [0.3, 0.4) is 0 Å². The average Bonchev–Trinajstić information content (AvgIpc) is 1.81. The molecule has 2 N–H and O–H groups in total. The van der Waals surface area contributed by atoms with Crippen LogP contribution in [-0.2, 0) is 4.79 Å². The van der Waals surface area contributed by atoms with Gasteiger partial charge in [0.25, 0.3) is 0 Å². The van der Waals surface area contributed by atoms with Crippen LogP contribution in [0.1, 0.15) is 6.92 Å². The third kappa shape index (κ3) is 2.86. The predicted molar refractivity (Wildman–Crippen MR) is 37.4 cm³/mol. The van der Waals surface area contributed by atoms with E-state index in [1.807, 2.05) is 0 Å². The molecule has 0 aromatic heterocycles. The predicted octanol–water partition coefficient (Wildman–Crippen LogP) is 0.604. The number of carbonyl (C=O) groups is 1. The van der Waals surface area contributed by atoms with Gasteiger partial charge < -0.3 is 10.2 Å². The number of rotatable bonds is 2. The molecule has 0 unspecified atom stereocenters. The van der Waals surface area contributed by atoms with Crippen LogP contribution in [0, 0.1) is 0 Å². The first-order valence-corrected chi connectivity index (χ1v) is 2.65. The van der Waals surface area contributed by atoms with Crippen LogP contribution in [0.5, 0.6) is 0 Å². The normalized spacial score (nSPS) is 13.4. The number of hydrogen-bond donors (Lipinski definition) is 2. The second-order valence-electron chi connectivity index (χ2n) is 1.70. The van der Waals surface area contributed by atoms with E-state index < -0.39 is 5.97 Å². The molecule has 0 aliphatic carbocycles. The fourth-order valence-corrected chi connectivity index (χ4v) is 0.420. The number of carboxylic acid groups (broad SMARTS) is 1. The Morgan fingerprint density at radius 1 is 1.50 bits per heavy atom. The number of aliphatic carboxylic acids is 1. The first-order chi connectivity index (χ1) is 4.57. The van der Waals surface area contributed by atoms with Crippen molar-refractivity contribution in [2.45, 2.75) is 6.92 Å². The summed E-state index contributed by atoms with van der Waals surface area (Å²) >= 11 is 0. The molecule has 0 heterocycles. The zero-order valence-corrected chi connectivity index (χ0v) is 5.83. The van der Waals surface area contributed by atoms with E-state index in [4.69, 9.17) is 10.2 Å². The van der Waals surface area contributed by atoms with Gasteiger partial charge in [-0.3, -0.25) is 4.99 Å². The average molecular weight is 143 g/mol. The van der Waals surface area contributed by atoms with Crippen molar-refractivity contribution in [3.8, 4) is 0 Å². The molecule has 56 valence electrons. The van der Waals surface area contributed by atoms with Crippen LogP contribution in [0.15, 0.2) is 16.8 Å². The van der Waals surface area contributed by atoms with Gasteiger partial charge in [-0.05, 0) is 6.92 Å². The maximum Gasteiger partial charge on any atom is 0.354 e. The molecule has 0 bridgehead atoms. The first kappa shape index (κ1) is 8.68. The van der Waals surface area contributed by atoms with Gasteiger partial charge in [-0.15, -0.1) is 0 Å². The Kier molecular flexibility index (Phi) is 3.17. The Hall–Kier alpha value is -1.32. The van der Waals surface area contributed by atoms with Crippen LogP contribution in [0.25, 0.3) is 0 Å². The van der Waals surface area contributed by atoms with Crippen molar-refractivity contribution in [3.05, 3.63) is 11.8 Å². The summed E-state index contributed by atoms with van der Waals surface area (Å²) in [5.74, 6) is -1.21. The SMILES string of the molecule is C/N=C(\C=C(/C)O)C(=O)O. The van der Waals surface area contributed by atoms with E-state index in [-0.39, 0.29) is 11.5 Å². The number of hydrogen-bond acceptors (Lipinski definition) is 3. The Labute approximate surface area is 58.5 Å². The zero-order valence-electron chi connectivity index (χ0n) is 5.83. The third-order valence-electron chi connectivity index (χ3n) is 0.806. The highest BCUT2D eigenvalue weighted by molar-refractivity contribution is 6.40. The second kappa shape index (κ2) is 3.66. The van der Waals surface area contributed by atoms with Gasteiger partial charge in [-0.1, -0.05) is 0 Å². The minimum absolute atomic E-state index is 0.0667. The lowest BCUT2D eigenvalue weighted by molar-refractivity contribution is -0.129. The smallest absolute Gasteiger partial charge is 0.354 e. The van der Waals surface area contributed by atoms with Crippen molar-refractivity contribution in [3.63, 3.8) is 0 Å². The molecule has 4 heteroatoms. The molecule has 0 aromatic rings. The van der Waals surface area contributed by atoms with Gasteiger partial charge in [-0.2, -0.15) is 0 Å². The molecule has 0 atom stereocenters. The van der Waals surface area contributed by atoms with Crippen molar-refractivity contribution >= 4 is 11.7 Å². The molecule has 4 nitrogen and oxygen atoms in total. The van der Waals surface area contributed by atoms with Crippen LogP contribution in [-0.4, -0.2) is 28.9 Å². The van der Waals surface area contributed by atoms with E-state index in [0.717, 1.165) is 6.08 Å². The summed E-state index contributed by atoms with van der Waals surface area (Å²) in [6.07, 6.45) is 1.09. The van der Waals surface area contributed by atoms with E-state index >= 15 is 0 Å². The molecule has 0 spiro atoms. The van der Waals surface area contributed by atoms with Gasteiger partial charge in [0.2, 0.25) is 0 Å². The first-order valence-electron chi connectivity index (χ1n) is 2.65. The second-order valence-corrected chi connectivity index (χ2v) is 1.70. The lowest BCUT2D eigenvalue weighted by atomic mass is 10.3. The number of aliphatic imine (C=N–C) groups is 1. The molecule has 0 aliphatic heterocycles. The minimum atomic E-state index is -1.14. The summed E-state index contributed by atoms with van der Waals surface area (Å²) in [5, 5.41) is 17.0. The van der Waals surface area contributed by atoms with E-state index in [9.17, 15) is 4.79 Å². The van der Waals surface area contributed by atoms with E-state index in [1.165, 1.54) is 14.0 Å². The fourth-order valence-electron chi connectivity index (χ4n) is 0.420. The maximum atomic E-state index is 10.2. The van der Waals surface area contributed by atoms with Gasteiger partial charge in [0, 0.05) is 13.1 Å². The Morgan fingerprint density at radius 2 is 2.00 bits per heavy atom. The number of aliphatic hydroxyl groups is 1. The molecule has 0 aromatic carbocycles. The summed E-state index contributed by atoms with van der Waals surface area (Å²) in [6, 6.07) is 0. The highest BCUT2D eigenvalue weighted by Gasteiger charge is 2.03. The van der Waals surface area contributed by atoms with Gasteiger partial charge in [0.05, 0.1) is 5.76 Å². The van der Waals surface area contributed by atoms with E-state index in [0.29, 0.717) is 0 Å². The zero-order chi connectivity index (χ0) is 8.15. The fraction of sp³-hybridized carbons (Fsp3) is 0.333. The summed E-state index contributed by atoms with van der Waals surface area (Å²) in [4.78, 5) is 13.6. The van der Waals surface area contributed by atoms with Gasteiger partial charge in [-0.25, -0.2) is 4.79 Å². The number of allylic oxidation sites excluding steroid dienone is 1. The molecule has 0 saturated heterocycles. The Morgan fingerprint density at radius 3 is 2.10 bits per heavy atom. The largest absolute Gasteiger partial charge is 0.513 e. The number of aliphatic hydroxyl groups excluding tert-OH is 1. The molecule has 0 saturated carbocycles. The highest BCUT2D eigenvalue weighted by Crippen LogP contribution is 1.87. The Bertz CT molecular complexity index is 189. The number of carboxylic acids is 1. The van der Waals surface area contributed by atoms with E-state index in [1.54, 1.807) is 0 Å². The van der Waals surface area contributed by atoms with Gasteiger partial charge in [0.15, 0.2) is 0 Å². The maximum absolute atomic E-state index is 10.2. The van der Waals surface area contributed by atoms with Crippen molar-refractivity contribution in [1.29, 1.82) is 0 Å². The van der Waals surface area contributed by atoms with Crippen molar-refractivity contribution in [2.24, 2.45) is 4.99 Å². The molecule has 10 heavy (non-hydrogen) atoms. The van der Waals surface area contributed by atoms with Gasteiger partial charge in [0.1, 0.15) is 5.71 Å². The summed E-state index contributed by atoms with van der Waals surface area (Å²) in [7, 11) is 1.35. The standard InChI is InChI=1S/C6H9NO3/c1-4(8)3-5(7-2)6(9)10/h3,8H,1-2H3,(H,9,10)/b4-3+,7-5+. The molecule has 0 aliphatic rings. The van der Waals surface area contributed by atoms with Crippen molar-refractivity contribution in [2.75, 3.05) is 7.05 Å². The summed E-state index contributed by atoms with van der Waals surface area (Å²) in [6.45, 7) is 1.38. The summed E-state index contributed by atoms with van der Waals surface area (Å²) in [5.41, 5.74) is -0.153. The third-order valence-corrected chi connectivity index (χ3v) is 0.806. The molecule has 0 radical (unpaired) electrons. The molecular formula is C6H9NO3. The highest BCUT2D eigenvalue weighted by atomic mass is 16.4. The monoisotopic (exact) mass is 143 g/mol.